The van der Waals surface area contributed by atoms with Crippen LogP contribution in [0.1, 0.15) is 5.56 Å². The number of rotatable bonds is 5. The molecule has 0 bridgehead atoms. The number of amides is 1. The Morgan fingerprint density at radius 3 is 2.61 bits per heavy atom. The van der Waals surface area contributed by atoms with Crippen molar-refractivity contribution in [1.29, 1.82) is 0 Å². The van der Waals surface area contributed by atoms with E-state index in [4.69, 9.17) is 8.83 Å². The van der Waals surface area contributed by atoms with E-state index in [9.17, 15) is 14.9 Å². The molecular formula is C19H12N4O5. The summed E-state index contributed by atoms with van der Waals surface area (Å²) < 4.78 is 11.0. The number of nitrogens with one attached hydrogen (secondary N) is 1. The standard InChI is InChI=1S/C19H12N4O5/c24-17(10-7-12-5-8-14(9-6-12)23(25)26)20-19-22-21-18(28-19)16-11-13-3-1-2-4-15(13)27-16/h1-11H,(H,20,22,24). The molecule has 0 unspecified atom stereocenters. The van der Waals surface area contributed by atoms with E-state index in [0.717, 1.165) is 5.39 Å². The van der Waals surface area contributed by atoms with Gasteiger partial charge in [0, 0.05) is 23.6 Å². The van der Waals surface area contributed by atoms with Crippen LogP contribution >= 0.6 is 0 Å². The predicted molar refractivity (Wildman–Crippen MR) is 100 cm³/mol. The molecule has 0 saturated carbocycles. The maximum Gasteiger partial charge on any atom is 0.322 e. The molecule has 0 spiro atoms. The van der Waals surface area contributed by atoms with Gasteiger partial charge in [-0.1, -0.05) is 23.3 Å². The molecule has 1 N–H and O–H groups in total. The second-order valence-corrected chi connectivity index (χ2v) is 5.73. The lowest BCUT2D eigenvalue weighted by Crippen LogP contribution is -2.07. The number of benzene rings is 2. The molecule has 138 valence electrons. The third-order valence-corrected chi connectivity index (χ3v) is 3.82. The van der Waals surface area contributed by atoms with E-state index in [-0.39, 0.29) is 17.6 Å². The number of nitro benzene ring substituents is 1. The van der Waals surface area contributed by atoms with Gasteiger partial charge in [-0.2, -0.15) is 0 Å². The van der Waals surface area contributed by atoms with Crippen molar-refractivity contribution in [3.8, 4) is 11.7 Å². The molecule has 28 heavy (non-hydrogen) atoms. The second kappa shape index (κ2) is 7.16. The van der Waals surface area contributed by atoms with Gasteiger partial charge in [0.15, 0.2) is 5.76 Å². The largest absolute Gasteiger partial charge is 0.451 e. The highest BCUT2D eigenvalue weighted by atomic mass is 16.6. The lowest BCUT2D eigenvalue weighted by atomic mass is 10.2. The van der Waals surface area contributed by atoms with E-state index >= 15 is 0 Å². The molecule has 0 atom stereocenters. The zero-order chi connectivity index (χ0) is 19.5. The minimum atomic E-state index is -0.491. The first-order chi connectivity index (χ1) is 13.6. The number of anilines is 1. The van der Waals surface area contributed by atoms with Gasteiger partial charge in [-0.15, -0.1) is 5.10 Å². The lowest BCUT2D eigenvalue weighted by Gasteiger charge is -1.95. The Kier molecular flexibility index (Phi) is 4.38. The third kappa shape index (κ3) is 3.63. The number of hydrogen-bond donors (Lipinski definition) is 1. The van der Waals surface area contributed by atoms with Gasteiger partial charge >= 0.3 is 6.01 Å². The number of para-hydroxylation sites is 1. The van der Waals surface area contributed by atoms with E-state index in [0.29, 0.717) is 16.9 Å². The summed E-state index contributed by atoms with van der Waals surface area (Å²) in [5.74, 6) is 0.0552. The minimum absolute atomic E-state index is 0.0226. The Balaban J connectivity index is 1.43. The van der Waals surface area contributed by atoms with Crippen LogP contribution in [0.15, 0.2) is 69.5 Å². The summed E-state index contributed by atoms with van der Waals surface area (Å²) in [6.45, 7) is 0. The molecule has 4 rings (SSSR count). The first-order valence-corrected chi connectivity index (χ1v) is 8.14. The van der Waals surface area contributed by atoms with Crippen molar-refractivity contribution in [2.24, 2.45) is 0 Å². The summed E-state index contributed by atoms with van der Waals surface area (Å²) in [6, 6.07) is 14.9. The van der Waals surface area contributed by atoms with Crippen molar-refractivity contribution in [1.82, 2.24) is 10.2 Å². The van der Waals surface area contributed by atoms with Gasteiger partial charge in [-0.05, 0) is 35.9 Å². The molecule has 0 fully saturated rings. The van der Waals surface area contributed by atoms with E-state index in [2.05, 4.69) is 15.5 Å². The summed E-state index contributed by atoms with van der Waals surface area (Å²) in [7, 11) is 0. The minimum Gasteiger partial charge on any atom is -0.451 e. The maximum atomic E-state index is 12.0. The normalized spacial score (nSPS) is 11.1. The zero-order valence-electron chi connectivity index (χ0n) is 14.2. The number of furan rings is 1. The highest BCUT2D eigenvalue weighted by molar-refractivity contribution is 6.00. The van der Waals surface area contributed by atoms with Crippen LogP contribution in [0.2, 0.25) is 0 Å². The molecule has 0 aliphatic carbocycles. The SMILES string of the molecule is O=C(C=Cc1ccc([N+](=O)[O-])cc1)Nc1nnc(-c2cc3ccccc3o2)o1. The van der Waals surface area contributed by atoms with Gasteiger partial charge in [0.05, 0.1) is 4.92 Å². The maximum absolute atomic E-state index is 12.0. The first-order valence-electron chi connectivity index (χ1n) is 8.14. The molecule has 0 radical (unpaired) electrons. The highest BCUT2D eigenvalue weighted by Crippen LogP contribution is 2.27. The van der Waals surface area contributed by atoms with Crippen LogP contribution in [0.4, 0.5) is 11.7 Å². The van der Waals surface area contributed by atoms with Crippen molar-refractivity contribution in [2.45, 2.75) is 0 Å². The average molecular weight is 376 g/mol. The van der Waals surface area contributed by atoms with E-state index in [1.54, 1.807) is 6.07 Å². The second-order valence-electron chi connectivity index (χ2n) is 5.73. The van der Waals surface area contributed by atoms with Crippen molar-refractivity contribution < 1.29 is 18.6 Å². The summed E-state index contributed by atoms with van der Waals surface area (Å²) in [6.07, 6.45) is 2.77. The fourth-order valence-corrected chi connectivity index (χ4v) is 2.49. The molecule has 2 heterocycles. The quantitative estimate of drug-likeness (QED) is 0.316. The number of carbonyl (C=O) groups excluding carboxylic acids is 1. The zero-order valence-corrected chi connectivity index (χ0v) is 14.2. The monoisotopic (exact) mass is 376 g/mol. The van der Waals surface area contributed by atoms with Crippen LogP contribution in [-0.4, -0.2) is 21.0 Å². The smallest absolute Gasteiger partial charge is 0.322 e. The molecule has 0 aliphatic heterocycles. The number of nitro groups is 1. The fourth-order valence-electron chi connectivity index (χ4n) is 2.49. The van der Waals surface area contributed by atoms with Crippen LogP contribution in [0.5, 0.6) is 0 Å². The number of aromatic nitrogens is 2. The van der Waals surface area contributed by atoms with Gasteiger partial charge in [-0.3, -0.25) is 20.2 Å². The number of fused-ring (bicyclic) bond motifs is 1. The first kappa shape index (κ1) is 17.2. The van der Waals surface area contributed by atoms with Gasteiger partial charge in [0.2, 0.25) is 0 Å². The van der Waals surface area contributed by atoms with Crippen molar-refractivity contribution >= 4 is 34.7 Å². The topological polar surface area (TPSA) is 124 Å². The lowest BCUT2D eigenvalue weighted by molar-refractivity contribution is -0.384. The van der Waals surface area contributed by atoms with Gasteiger partial charge in [0.1, 0.15) is 5.58 Å². The molecule has 1 amide bonds. The van der Waals surface area contributed by atoms with E-state index < -0.39 is 10.8 Å². The van der Waals surface area contributed by atoms with Gasteiger partial charge < -0.3 is 8.83 Å². The van der Waals surface area contributed by atoms with Crippen LogP contribution < -0.4 is 5.32 Å². The van der Waals surface area contributed by atoms with Crippen molar-refractivity contribution in [3.05, 3.63) is 76.4 Å². The molecule has 4 aromatic rings. The predicted octanol–water partition coefficient (Wildman–Crippen LogP) is 4.04. The average Bonchev–Trinajstić information content (AvgIpc) is 3.33. The molecule has 0 aliphatic rings. The van der Waals surface area contributed by atoms with Crippen LogP contribution in [0, 0.1) is 10.1 Å². The number of nitrogens with zero attached hydrogens (tertiary/aromatic N) is 3. The Morgan fingerprint density at radius 2 is 1.86 bits per heavy atom. The third-order valence-electron chi connectivity index (χ3n) is 3.82. The van der Waals surface area contributed by atoms with Crippen molar-refractivity contribution in [3.63, 3.8) is 0 Å². The van der Waals surface area contributed by atoms with Gasteiger partial charge in [-0.25, -0.2) is 0 Å². The Labute approximate surface area is 157 Å². The molecule has 9 nitrogen and oxygen atoms in total. The fraction of sp³-hybridized carbons (Fsp3) is 0. The highest BCUT2D eigenvalue weighted by Gasteiger charge is 2.14. The Hall–Kier alpha value is -4.27. The summed E-state index contributed by atoms with van der Waals surface area (Å²) in [4.78, 5) is 22.1. The molecule has 0 saturated heterocycles. The summed E-state index contributed by atoms with van der Waals surface area (Å²) in [5, 5.41) is 21.6. The molecule has 9 heteroatoms. The number of non-ortho nitro benzene ring substituents is 1. The molecular weight excluding hydrogens is 364 g/mol. The summed E-state index contributed by atoms with van der Waals surface area (Å²) >= 11 is 0. The molecule has 2 aromatic heterocycles. The van der Waals surface area contributed by atoms with Gasteiger partial charge in [0.25, 0.3) is 17.5 Å². The summed E-state index contributed by atoms with van der Waals surface area (Å²) in [5.41, 5.74) is 1.30. The van der Waals surface area contributed by atoms with Crippen LogP contribution in [0.25, 0.3) is 28.7 Å². The van der Waals surface area contributed by atoms with Crippen molar-refractivity contribution in [2.75, 3.05) is 5.32 Å². The number of carbonyl (C=O) groups is 1. The van der Waals surface area contributed by atoms with E-state index in [1.807, 2.05) is 24.3 Å². The van der Waals surface area contributed by atoms with Crippen LogP contribution in [-0.2, 0) is 4.79 Å². The Morgan fingerprint density at radius 1 is 1.07 bits per heavy atom. The van der Waals surface area contributed by atoms with Crippen LogP contribution in [0.3, 0.4) is 0 Å². The molecule has 2 aromatic carbocycles. The Bertz CT molecular complexity index is 1160. The van der Waals surface area contributed by atoms with E-state index in [1.165, 1.54) is 36.4 Å². The number of hydrogen-bond acceptors (Lipinski definition) is 7.